The van der Waals surface area contributed by atoms with Gasteiger partial charge in [0.2, 0.25) is 0 Å². The highest BCUT2D eigenvalue weighted by Gasteiger charge is 2.06. The van der Waals surface area contributed by atoms with E-state index in [1.807, 2.05) is 6.07 Å². The van der Waals surface area contributed by atoms with Gasteiger partial charge in [-0.3, -0.25) is 0 Å². The molecule has 15 heavy (non-hydrogen) atoms. The van der Waals surface area contributed by atoms with E-state index in [4.69, 9.17) is 22.1 Å². The van der Waals surface area contributed by atoms with E-state index in [0.29, 0.717) is 16.5 Å². The highest BCUT2D eigenvalue weighted by atomic mass is 35.5. The first-order valence-corrected chi connectivity index (χ1v) is 4.72. The Bertz CT molecular complexity index is 481. The maximum Gasteiger partial charge on any atom is 0.146 e. The fraction of sp³-hybridized carbons (Fsp3) is 0.100. The van der Waals surface area contributed by atoms with Crippen molar-refractivity contribution in [2.24, 2.45) is 0 Å². The molecule has 78 valence electrons. The molecule has 2 rings (SSSR count). The molecule has 0 aliphatic carbocycles. The minimum atomic E-state index is 0.578. The standard InChI is InChI=1S/C10H10ClN3O/c1-15-10-4-8(12)2-3-9(10)14-6-7(11)5-13-14/h2-6H,12H2,1H3. The Morgan fingerprint density at radius 1 is 1.47 bits per heavy atom. The van der Waals surface area contributed by atoms with Crippen LogP contribution < -0.4 is 10.5 Å². The zero-order valence-electron chi connectivity index (χ0n) is 8.14. The van der Waals surface area contributed by atoms with E-state index in [2.05, 4.69) is 5.10 Å². The average molecular weight is 224 g/mol. The van der Waals surface area contributed by atoms with Crippen molar-refractivity contribution in [3.63, 3.8) is 0 Å². The van der Waals surface area contributed by atoms with E-state index < -0.39 is 0 Å². The molecule has 0 bridgehead atoms. The number of benzene rings is 1. The number of rotatable bonds is 2. The first-order valence-electron chi connectivity index (χ1n) is 4.35. The molecule has 0 fully saturated rings. The monoisotopic (exact) mass is 223 g/mol. The number of nitrogen functional groups attached to an aromatic ring is 1. The molecule has 1 aromatic heterocycles. The highest BCUT2D eigenvalue weighted by molar-refractivity contribution is 6.30. The topological polar surface area (TPSA) is 53.1 Å². The van der Waals surface area contributed by atoms with Crippen LogP contribution in [-0.2, 0) is 0 Å². The molecule has 0 aliphatic rings. The Morgan fingerprint density at radius 3 is 2.87 bits per heavy atom. The predicted molar refractivity (Wildman–Crippen MR) is 59.5 cm³/mol. The lowest BCUT2D eigenvalue weighted by molar-refractivity contribution is 0.412. The van der Waals surface area contributed by atoms with Crippen LogP contribution in [-0.4, -0.2) is 16.9 Å². The molecule has 1 aromatic carbocycles. The lowest BCUT2D eigenvalue weighted by atomic mass is 10.2. The van der Waals surface area contributed by atoms with Crippen molar-refractivity contribution in [2.75, 3.05) is 12.8 Å². The van der Waals surface area contributed by atoms with Gasteiger partial charge in [-0.05, 0) is 12.1 Å². The van der Waals surface area contributed by atoms with Crippen LogP contribution in [0.3, 0.4) is 0 Å². The Balaban J connectivity index is 2.52. The molecule has 2 N–H and O–H groups in total. The third-order valence-electron chi connectivity index (χ3n) is 2.00. The van der Waals surface area contributed by atoms with Gasteiger partial charge < -0.3 is 10.5 Å². The fourth-order valence-corrected chi connectivity index (χ4v) is 1.45. The smallest absolute Gasteiger partial charge is 0.146 e. The summed E-state index contributed by atoms with van der Waals surface area (Å²) < 4.78 is 6.85. The number of halogens is 1. The highest BCUT2D eigenvalue weighted by Crippen LogP contribution is 2.25. The van der Waals surface area contributed by atoms with Crippen LogP contribution in [0.4, 0.5) is 5.69 Å². The van der Waals surface area contributed by atoms with Crippen LogP contribution in [0, 0.1) is 0 Å². The van der Waals surface area contributed by atoms with Crippen molar-refractivity contribution in [3.8, 4) is 11.4 Å². The van der Waals surface area contributed by atoms with Gasteiger partial charge in [-0.1, -0.05) is 11.6 Å². The molecular formula is C10H10ClN3O. The van der Waals surface area contributed by atoms with E-state index >= 15 is 0 Å². The average Bonchev–Trinajstić information content (AvgIpc) is 2.64. The minimum Gasteiger partial charge on any atom is -0.494 e. The van der Waals surface area contributed by atoms with Crippen molar-refractivity contribution >= 4 is 17.3 Å². The largest absolute Gasteiger partial charge is 0.494 e. The molecule has 0 saturated heterocycles. The van der Waals surface area contributed by atoms with E-state index in [0.717, 1.165) is 5.69 Å². The summed E-state index contributed by atoms with van der Waals surface area (Å²) in [4.78, 5) is 0. The summed E-state index contributed by atoms with van der Waals surface area (Å²) in [5, 5.41) is 4.67. The molecule has 4 nitrogen and oxygen atoms in total. The van der Waals surface area contributed by atoms with Crippen molar-refractivity contribution in [1.29, 1.82) is 0 Å². The van der Waals surface area contributed by atoms with Crippen molar-refractivity contribution in [2.45, 2.75) is 0 Å². The maximum atomic E-state index is 5.79. The van der Waals surface area contributed by atoms with Gasteiger partial charge in [0.1, 0.15) is 11.4 Å². The molecule has 0 spiro atoms. The van der Waals surface area contributed by atoms with Gasteiger partial charge in [-0.15, -0.1) is 0 Å². The quantitative estimate of drug-likeness (QED) is 0.794. The minimum absolute atomic E-state index is 0.578. The van der Waals surface area contributed by atoms with Gasteiger partial charge in [0.15, 0.2) is 0 Å². The zero-order chi connectivity index (χ0) is 10.8. The zero-order valence-corrected chi connectivity index (χ0v) is 8.90. The molecule has 2 aromatic rings. The summed E-state index contributed by atoms with van der Waals surface area (Å²) in [6.45, 7) is 0. The SMILES string of the molecule is COc1cc(N)ccc1-n1cc(Cl)cn1. The fourth-order valence-electron chi connectivity index (χ4n) is 1.32. The van der Waals surface area contributed by atoms with E-state index in [1.165, 1.54) is 0 Å². The van der Waals surface area contributed by atoms with Gasteiger partial charge in [-0.2, -0.15) is 5.10 Å². The third kappa shape index (κ3) is 1.89. The molecule has 5 heteroatoms. The number of hydrogen-bond donors (Lipinski definition) is 1. The number of anilines is 1. The second kappa shape index (κ2) is 3.82. The maximum absolute atomic E-state index is 5.79. The normalized spacial score (nSPS) is 10.3. The van der Waals surface area contributed by atoms with Gasteiger partial charge in [-0.25, -0.2) is 4.68 Å². The molecule has 0 amide bonds. The predicted octanol–water partition coefficient (Wildman–Crippen LogP) is 2.12. The number of hydrogen-bond acceptors (Lipinski definition) is 3. The molecular weight excluding hydrogens is 214 g/mol. The summed E-state index contributed by atoms with van der Waals surface area (Å²) in [5.74, 6) is 0.662. The van der Waals surface area contributed by atoms with E-state index in [1.54, 1.807) is 36.3 Å². The first-order chi connectivity index (χ1) is 7.20. The van der Waals surface area contributed by atoms with Crippen molar-refractivity contribution in [1.82, 2.24) is 9.78 Å². The third-order valence-corrected chi connectivity index (χ3v) is 2.20. The van der Waals surface area contributed by atoms with Gasteiger partial charge in [0.25, 0.3) is 0 Å². The van der Waals surface area contributed by atoms with E-state index in [9.17, 15) is 0 Å². The Kier molecular flexibility index (Phi) is 2.51. The second-order valence-corrected chi connectivity index (χ2v) is 3.47. The second-order valence-electron chi connectivity index (χ2n) is 3.03. The lowest BCUT2D eigenvalue weighted by Gasteiger charge is -2.08. The summed E-state index contributed by atoms with van der Waals surface area (Å²) >= 11 is 5.79. The Hall–Kier alpha value is -1.68. The first kappa shape index (κ1) is 9.86. The number of aromatic nitrogens is 2. The van der Waals surface area contributed by atoms with Gasteiger partial charge >= 0.3 is 0 Å². The number of nitrogens with zero attached hydrogens (tertiary/aromatic N) is 2. The van der Waals surface area contributed by atoms with Crippen molar-refractivity contribution in [3.05, 3.63) is 35.6 Å². The molecule has 0 saturated carbocycles. The summed E-state index contributed by atoms with van der Waals surface area (Å²) in [6.07, 6.45) is 3.27. The Morgan fingerprint density at radius 2 is 2.27 bits per heavy atom. The summed E-state index contributed by atoms with van der Waals surface area (Å²) in [6, 6.07) is 5.36. The van der Waals surface area contributed by atoms with Crippen LogP contribution in [0.2, 0.25) is 5.02 Å². The van der Waals surface area contributed by atoms with Crippen LogP contribution in [0.25, 0.3) is 5.69 Å². The summed E-state index contributed by atoms with van der Waals surface area (Å²) in [7, 11) is 1.59. The molecule has 0 radical (unpaired) electrons. The van der Waals surface area contributed by atoms with Crippen molar-refractivity contribution < 1.29 is 4.74 Å². The van der Waals surface area contributed by atoms with Crippen LogP contribution in [0.15, 0.2) is 30.6 Å². The summed E-state index contributed by atoms with van der Waals surface area (Å²) in [5.41, 5.74) is 7.10. The molecule has 0 aliphatic heterocycles. The van der Waals surface area contributed by atoms with Gasteiger partial charge in [0, 0.05) is 18.0 Å². The number of nitrogens with two attached hydrogens (primary N) is 1. The van der Waals surface area contributed by atoms with Crippen LogP contribution >= 0.6 is 11.6 Å². The molecule has 1 heterocycles. The number of ether oxygens (including phenoxy) is 1. The van der Waals surface area contributed by atoms with E-state index in [-0.39, 0.29) is 0 Å². The lowest BCUT2D eigenvalue weighted by Crippen LogP contribution is -1.99. The molecule has 0 unspecified atom stereocenters. The molecule has 0 atom stereocenters. The number of methoxy groups -OCH3 is 1. The Labute approximate surface area is 92.2 Å². The van der Waals surface area contributed by atoms with Gasteiger partial charge in [0.05, 0.1) is 18.3 Å². The van der Waals surface area contributed by atoms with Crippen LogP contribution in [0.5, 0.6) is 5.75 Å². The van der Waals surface area contributed by atoms with Crippen LogP contribution in [0.1, 0.15) is 0 Å².